The highest BCUT2D eigenvalue weighted by atomic mass is 35.5. The third kappa shape index (κ3) is 2.82. The van der Waals surface area contributed by atoms with E-state index in [1.54, 1.807) is 17.7 Å². The first-order chi connectivity index (χ1) is 9.45. The number of halogens is 3. The van der Waals surface area contributed by atoms with Gasteiger partial charge < -0.3 is 5.11 Å². The van der Waals surface area contributed by atoms with Crippen molar-refractivity contribution in [3.63, 3.8) is 0 Å². The van der Waals surface area contributed by atoms with Gasteiger partial charge in [0, 0.05) is 18.5 Å². The van der Waals surface area contributed by atoms with Crippen LogP contribution in [0.15, 0.2) is 18.2 Å². The second kappa shape index (κ2) is 6.12. The fraction of sp³-hybridized carbons (Fsp3) is 0.357. The third-order valence-electron chi connectivity index (χ3n) is 3.18. The zero-order valence-electron chi connectivity index (χ0n) is 11.2. The summed E-state index contributed by atoms with van der Waals surface area (Å²) in [6.45, 7) is 4.39. The van der Waals surface area contributed by atoms with Gasteiger partial charge in [0.05, 0.1) is 27.5 Å². The average molecular weight is 317 g/mol. The van der Waals surface area contributed by atoms with Gasteiger partial charge in [-0.25, -0.2) is 4.39 Å². The lowest BCUT2D eigenvalue weighted by Crippen LogP contribution is -2.09. The highest BCUT2D eigenvalue weighted by Crippen LogP contribution is 2.30. The van der Waals surface area contributed by atoms with Gasteiger partial charge in [-0.3, -0.25) is 4.68 Å². The molecule has 1 aromatic carbocycles. The van der Waals surface area contributed by atoms with Gasteiger partial charge in [0.15, 0.2) is 0 Å². The molecule has 1 atom stereocenters. The Hall–Kier alpha value is -1.10. The molecule has 0 aliphatic carbocycles. The van der Waals surface area contributed by atoms with Crippen LogP contribution in [0.3, 0.4) is 0 Å². The summed E-state index contributed by atoms with van der Waals surface area (Å²) in [4.78, 5) is 0. The molecule has 2 rings (SSSR count). The molecular formula is C14H15Cl2FN2O. The summed E-state index contributed by atoms with van der Waals surface area (Å²) < 4.78 is 15.2. The van der Waals surface area contributed by atoms with Crippen molar-refractivity contribution in [1.82, 2.24) is 9.78 Å². The van der Waals surface area contributed by atoms with Crippen LogP contribution in [0.2, 0.25) is 10.0 Å². The van der Waals surface area contributed by atoms with E-state index in [4.69, 9.17) is 23.2 Å². The lowest BCUT2D eigenvalue weighted by Gasteiger charge is -2.14. The Morgan fingerprint density at radius 1 is 1.35 bits per heavy atom. The molecule has 20 heavy (non-hydrogen) atoms. The number of aliphatic hydroxyl groups is 1. The van der Waals surface area contributed by atoms with E-state index >= 15 is 0 Å². The molecule has 2 aromatic rings. The first-order valence-corrected chi connectivity index (χ1v) is 7.05. The molecule has 0 saturated carbocycles. The van der Waals surface area contributed by atoms with Crippen LogP contribution in [0.25, 0.3) is 0 Å². The van der Waals surface area contributed by atoms with E-state index in [-0.39, 0.29) is 11.4 Å². The summed E-state index contributed by atoms with van der Waals surface area (Å²) in [7, 11) is 0. The molecule has 108 valence electrons. The van der Waals surface area contributed by atoms with Crippen LogP contribution in [0.5, 0.6) is 0 Å². The first-order valence-electron chi connectivity index (χ1n) is 6.29. The Balaban J connectivity index is 2.32. The van der Waals surface area contributed by atoms with Gasteiger partial charge >= 0.3 is 0 Å². The van der Waals surface area contributed by atoms with Crippen molar-refractivity contribution in [2.24, 2.45) is 0 Å². The summed E-state index contributed by atoms with van der Waals surface area (Å²) in [6, 6.07) is 4.37. The molecule has 0 radical (unpaired) electrons. The van der Waals surface area contributed by atoms with E-state index in [2.05, 4.69) is 5.10 Å². The molecule has 0 aliphatic rings. The van der Waals surface area contributed by atoms with Gasteiger partial charge in [-0.15, -0.1) is 0 Å². The Kier molecular flexibility index (Phi) is 4.68. The Labute approximate surface area is 126 Å². The average Bonchev–Trinajstić information content (AvgIpc) is 2.69. The molecule has 6 heteroatoms. The van der Waals surface area contributed by atoms with Crippen molar-refractivity contribution in [2.45, 2.75) is 32.9 Å². The lowest BCUT2D eigenvalue weighted by atomic mass is 10.0. The van der Waals surface area contributed by atoms with Crippen molar-refractivity contribution >= 4 is 23.2 Å². The summed E-state index contributed by atoms with van der Waals surface area (Å²) in [6.07, 6.45) is -0.700. The minimum atomic E-state index is -0.933. The molecule has 0 spiro atoms. The van der Waals surface area contributed by atoms with Crippen LogP contribution in [0.4, 0.5) is 4.39 Å². The monoisotopic (exact) mass is 316 g/mol. The minimum Gasteiger partial charge on any atom is -0.388 e. The van der Waals surface area contributed by atoms with Crippen LogP contribution < -0.4 is 0 Å². The van der Waals surface area contributed by atoms with E-state index in [1.807, 2.05) is 6.92 Å². The quantitative estimate of drug-likeness (QED) is 0.928. The number of nitrogens with zero attached hydrogens (tertiary/aromatic N) is 2. The molecule has 0 fully saturated rings. The van der Waals surface area contributed by atoms with E-state index < -0.39 is 11.9 Å². The van der Waals surface area contributed by atoms with E-state index in [0.717, 1.165) is 5.69 Å². The minimum absolute atomic E-state index is 0.0598. The van der Waals surface area contributed by atoms with Gasteiger partial charge in [-0.05, 0) is 19.9 Å². The van der Waals surface area contributed by atoms with Crippen LogP contribution >= 0.6 is 23.2 Å². The number of benzene rings is 1. The summed E-state index contributed by atoms with van der Waals surface area (Å²) in [5, 5.41) is 15.0. The highest BCUT2D eigenvalue weighted by Gasteiger charge is 2.20. The predicted octanol–water partition coefficient (Wildman–Crippen LogP) is 3.93. The summed E-state index contributed by atoms with van der Waals surface area (Å²) in [5.74, 6) is -0.547. The van der Waals surface area contributed by atoms with Crippen LogP contribution in [-0.2, 0) is 13.0 Å². The molecule has 0 saturated heterocycles. The zero-order chi connectivity index (χ0) is 14.9. The fourth-order valence-corrected chi connectivity index (χ4v) is 2.60. The Bertz CT molecular complexity index is 628. The number of aliphatic hydroxyl groups excluding tert-OH is 1. The molecular weight excluding hydrogens is 302 g/mol. The molecule has 0 aliphatic heterocycles. The Morgan fingerprint density at radius 3 is 2.70 bits per heavy atom. The van der Waals surface area contributed by atoms with Crippen LogP contribution in [-0.4, -0.2) is 14.9 Å². The zero-order valence-corrected chi connectivity index (χ0v) is 12.7. The standard InChI is InChI=1S/C14H15Cl2FN2O/c1-3-19-11(13(15)8(2)18-19)7-12(20)9-5-4-6-10(17)14(9)16/h4-6,12,20H,3,7H2,1-2H3. The smallest absolute Gasteiger partial charge is 0.142 e. The van der Waals surface area contributed by atoms with E-state index in [1.165, 1.54) is 12.1 Å². The predicted molar refractivity (Wildman–Crippen MR) is 77.7 cm³/mol. The molecule has 0 amide bonds. The largest absolute Gasteiger partial charge is 0.388 e. The van der Waals surface area contributed by atoms with Crippen molar-refractivity contribution < 1.29 is 9.50 Å². The molecule has 1 N–H and O–H groups in total. The maximum absolute atomic E-state index is 13.4. The second-order valence-electron chi connectivity index (χ2n) is 4.52. The van der Waals surface area contributed by atoms with Gasteiger partial charge in [-0.2, -0.15) is 5.10 Å². The van der Waals surface area contributed by atoms with Crippen molar-refractivity contribution in [3.8, 4) is 0 Å². The van der Waals surface area contributed by atoms with E-state index in [0.29, 0.717) is 22.8 Å². The lowest BCUT2D eigenvalue weighted by molar-refractivity contribution is 0.175. The molecule has 1 heterocycles. The molecule has 1 aromatic heterocycles. The van der Waals surface area contributed by atoms with Crippen LogP contribution in [0, 0.1) is 12.7 Å². The second-order valence-corrected chi connectivity index (χ2v) is 5.28. The maximum atomic E-state index is 13.4. The number of hydrogen-bond acceptors (Lipinski definition) is 2. The SMILES string of the molecule is CCn1nc(C)c(Cl)c1CC(O)c1cccc(F)c1Cl. The number of aryl methyl sites for hydroxylation is 2. The topological polar surface area (TPSA) is 38.0 Å². The van der Waals surface area contributed by atoms with Crippen LogP contribution in [0.1, 0.15) is 30.0 Å². The van der Waals surface area contributed by atoms with E-state index in [9.17, 15) is 9.50 Å². The maximum Gasteiger partial charge on any atom is 0.142 e. The normalized spacial score (nSPS) is 12.7. The highest BCUT2D eigenvalue weighted by molar-refractivity contribution is 6.32. The van der Waals surface area contributed by atoms with Crippen molar-refractivity contribution in [1.29, 1.82) is 0 Å². The fourth-order valence-electron chi connectivity index (χ4n) is 2.13. The molecule has 3 nitrogen and oxygen atoms in total. The number of aromatic nitrogens is 2. The first kappa shape index (κ1) is 15.3. The van der Waals surface area contributed by atoms with Crippen molar-refractivity contribution in [3.05, 3.63) is 51.0 Å². The third-order valence-corrected chi connectivity index (χ3v) is 4.07. The summed E-state index contributed by atoms with van der Waals surface area (Å²) in [5.41, 5.74) is 1.78. The van der Waals surface area contributed by atoms with Gasteiger partial charge in [0.2, 0.25) is 0 Å². The number of hydrogen-bond donors (Lipinski definition) is 1. The van der Waals surface area contributed by atoms with Gasteiger partial charge in [0.1, 0.15) is 5.82 Å². The number of rotatable bonds is 4. The van der Waals surface area contributed by atoms with Gasteiger partial charge in [0.25, 0.3) is 0 Å². The summed E-state index contributed by atoms with van der Waals surface area (Å²) >= 11 is 12.1. The van der Waals surface area contributed by atoms with Gasteiger partial charge in [-0.1, -0.05) is 35.3 Å². The van der Waals surface area contributed by atoms with Crippen molar-refractivity contribution in [2.75, 3.05) is 0 Å². The molecule has 1 unspecified atom stereocenters. The molecule has 0 bridgehead atoms. The Morgan fingerprint density at radius 2 is 2.05 bits per heavy atom.